The third-order valence-electron chi connectivity index (χ3n) is 3.17. The molecule has 2 aromatic rings. The summed E-state index contributed by atoms with van der Waals surface area (Å²) in [5, 5.41) is 5.49. The number of benzene rings is 2. The first-order valence-corrected chi connectivity index (χ1v) is 7.52. The van der Waals surface area contributed by atoms with Crippen molar-refractivity contribution in [2.75, 3.05) is 25.3 Å². The molecule has 3 rings (SSSR count). The summed E-state index contributed by atoms with van der Waals surface area (Å²) in [6, 6.07) is 8.57. The van der Waals surface area contributed by atoms with Crippen molar-refractivity contribution >= 4 is 23.3 Å². The van der Waals surface area contributed by atoms with E-state index in [1.54, 1.807) is 18.2 Å². The minimum atomic E-state index is -0.437. The zero-order valence-electron chi connectivity index (χ0n) is 12.5. The van der Waals surface area contributed by atoms with Crippen molar-refractivity contribution < 1.29 is 23.4 Å². The number of amides is 2. The van der Waals surface area contributed by atoms with Crippen molar-refractivity contribution in [3.05, 3.63) is 47.2 Å². The van der Waals surface area contributed by atoms with Crippen LogP contribution in [0.25, 0.3) is 0 Å². The van der Waals surface area contributed by atoms with E-state index in [9.17, 15) is 9.18 Å². The van der Waals surface area contributed by atoms with Crippen molar-refractivity contribution in [3.8, 4) is 17.2 Å². The molecular weight excluding hydrogens is 339 g/mol. The van der Waals surface area contributed by atoms with Crippen molar-refractivity contribution in [1.29, 1.82) is 0 Å². The number of hydrogen-bond donors (Lipinski definition) is 2. The number of halogens is 2. The molecule has 2 amide bonds. The van der Waals surface area contributed by atoms with E-state index >= 15 is 0 Å². The first-order chi connectivity index (χ1) is 11.6. The Labute approximate surface area is 142 Å². The fourth-order valence-corrected chi connectivity index (χ4v) is 2.29. The molecular formula is C16H14ClFN2O4. The number of urea groups is 1. The maximum atomic E-state index is 12.9. The van der Waals surface area contributed by atoms with Crippen LogP contribution in [0.3, 0.4) is 0 Å². The van der Waals surface area contributed by atoms with Gasteiger partial charge in [-0.15, -0.1) is 0 Å². The Balaban J connectivity index is 1.42. The highest BCUT2D eigenvalue weighted by molar-refractivity contribution is 6.32. The highest BCUT2D eigenvalue weighted by atomic mass is 35.5. The fraction of sp³-hybridized carbons (Fsp3) is 0.188. The Morgan fingerprint density at radius 3 is 2.88 bits per heavy atom. The van der Waals surface area contributed by atoms with E-state index in [2.05, 4.69) is 10.6 Å². The Hall–Kier alpha value is -2.67. The SMILES string of the molecule is O=C(NCCOc1ccc(F)cc1Cl)Nc1ccc2c(c1)OCO2. The Kier molecular flexibility index (Phi) is 4.90. The molecule has 1 aliphatic heterocycles. The minimum Gasteiger partial charge on any atom is -0.490 e. The largest absolute Gasteiger partial charge is 0.490 e. The number of carbonyl (C=O) groups excluding carboxylic acids is 1. The molecule has 0 radical (unpaired) electrons. The van der Waals surface area contributed by atoms with Gasteiger partial charge in [-0.3, -0.25) is 0 Å². The van der Waals surface area contributed by atoms with Crippen LogP contribution < -0.4 is 24.8 Å². The van der Waals surface area contributed by atoms with Crippen LogP contribution in [0.1, 0.15) is 0 Å². The Bertz CT molecular complexity index is 757. The number of nitrogens with one attached hydrogen (secondary N) is 2. The minimum absolute atomic E-state index is 0.175. The van der Waals surface area contributed by atoms with E-state index < -0.39 is 5.82 Å². The third kappa shape index (κ3) is 3.99. The lowest BCUT2D eigenvalue weighted by Crippen LogP contribution is -2.32. The van der Waals surface area contributed by atoms with Gasteiger partial charge in [-0.25, -0.2) is 9.18 Å². The van der Waals surface area contributed by atoms with Gasteiger partial charge in [0.1, 0.15) is 18.2 Å². The summed E-state index contributed by atoms with van der Waals surface area (Å²) < 4.78 is 28.7. The summed E-state index contributed by atoms with van der Waals surface area (Å²) in [6.07, 6.45) is 0. The summed E-state index contributed by atoms with van der Waals surface area (Å²) in [4.78, 5) is 11.8. The number of fused-ring (bicyclic) bond motifs is 1. The molecule has 0 aliphatic carbocycles. The maximum absolute atomic E-state index is 12.9. The molecule has 0 atom stereocenters. The van der Waals surface area contributed by atoms with Gasteiger partial charge in [0.15, 0.2) is 11.5 Å². The van der Waals surface area contributed by atoms with E-state index in [0.717, 1.165) is 6.07 Å². The van der Waals surface area contributed by atoms with Crippen LogP contribution in [-0.4, -0.2) is 26.0 Å². The van der Waals surface area contributed by atoms with Crippen molar-refractivity contribution in [1.82, 2.24) is 5.32 Å². The lowest BCUT2D eigenvalue weighted by Gasteiger charge is -2.10. The Morgan fingerprint density at radius 2 is 2.04 bits per heavy atom. The van der Waals surface area contributed by atoms with Crippen LogP contribution in [0.15, 0.2) is 36.4 Å². The molecule has 0 saturated heterocycles. The summed E-state index contributed by atoms with van der Waals surface area (Å²) in [5.74, 6) is 1.15. The van der Waals surface area contributed by atoms with E-state index in [1.807, 2.05) is 0 Å². The topological polar surface area (TPSA) is 68.8 Å². The van der Waals surface area contributed by atoms with E-state index in [0.29, 0.717) is 22.9 Å². The van der Waals surface area contributed by atoms with Crippen LogP contribution in [-0.2, 0) is 0 Å². The molecule has 126 valence electrons. The van der Waals surface area contributed by atoms with Crippen LogP contribution >= 0.6 is 11.6 Å². The molecule has 0 saturated carbocycles. The molecule has 0 aromatic heterocycles. The normalized spacial score (nSPS) is 11.9. The second kappa shape index (κ2) is 7.27. The number of rotatable bonds is 5. The highest BCUT2D eigenvalue weighted by Crippen LogP contribution is 2.34. The van der Waals surface area contributed by atoms with Gasteiger partial charge < -0.3 is 24.8 Å². The maximum Gasteiger partial charge on any atom is 0.319 e. The smallest absolute Gasteiger partial charge is 0.319 e. The average molecular weight is 353 g/mol. The van der Waals surface area contributed by atoms with Gasteiger partial charge in [0, 0.05) is 11.8 Å². The molecule has 2 aromatic carbocycles. The van der Waals surface area contributed by atoms with Gasteiger partial charge in [-0.1, -0.05) is 11.6 Å². The highest BCUT2D eigenvalue weighted by Gasteiger charge is 2.14. The molecule has 24 heavy (non-hydrogen) atoms. The van der Waals surface area contributed by atoms with E-state index in [1.165, 1.54) is 12.1 Å². The first-order valence-electron chi connectivity index (χ1n) is 7.14. The van der Waals surface area contributed by atoms with Gasteiger partial charge in [-0.05, 0) is 30.3 Å². The van der Waals surface area contributed by atoms with E-state index in [-0.39, 0.29) is 31.0 Å². The summed E-state index contributed by atoms with van der Waals surface area (Å²) in [6.45, 7) is 0.623. The quantitative estimate of drug-likeness (QED) is 0.809. The molecule has 0 unspecified atom stereocenters. The predicted octanol–water partition coefficient (Wildman–Crippen LogP) is 3.41. The van der Waals surface area contributed by atoms with Crippen molar-refractivity contribution in [3.63, 3.8) is 0 Å². The third-order valence-corrected chi connectivity index (χ3v) is 3.46. The number of hydrogen-bond acceptors (Lipinski definition) is 4. The molecule has 6 nitrogen and oxygen atoms in total. The first kappa shape index (κ1) is 16.2. The second-order valence-electron chi connectivity index (χ2n) is 4.87. The molecule has 1 aliphatic rings. The van der Waals surface area contributed by atoms with Gasteiger partial charge in [0.2, 0.25) is 6.79 Å². The number of carbonyl (C=O) groups is 1. The molecule has 8 heteroatoms. The van der Waals surface area contributed by atoms with Gasteiger partial charge in [0.05, 0.1) is 11.6 Å². The molecule has 0 bridgehead atoms. The van der Waals surface area contributed by atoms with Gasteiger partial charge in [-0.2, -0.15) is 0 Å². The zero-order chi connectivity index (χ0) is 16.9. The zero-order valence-corrected chi connectivity index (χ0v) is 13.2. The van der Waals surface area contributed by atoms with Crippen molar-refractivity contribution in [2.45, 2.75) is 0 Å². The van der Waals surface area contributed by atoms with E-state index in [4.69, 9.17) is 25.8 Å². The summed E-state index contributed by atoms with van der Waals surface area (Å²) >= 11 is 5.84. The predicted molar refractivity (Wildman–Crippen MR) is 86.5 cm³/mol. The number of anilines is 1. The van der Waals surface area contributed by atoms with Crippen LogP contribution in [0.4, 0.5) is 14.9 Å². The summed E-state index contributed by atoms with van der Waals surface area (Å²) in [7, 11) is 0. The lowest BCUT2D eigenvalue weighted by molar-refractivity contribution is 0.174. The lowest BCUT2D eigenvalue weighted by atomic mass is 10.3. The van der Waals surface area contributed by atoms with Gasteiger partial charge in [0.25, 0.3) is 0 Å². The summed E-state index contributed by atoms with van der Waals surface area (Å²) in [5.41, 5.74) is 0.583. The molecule has 2 N–H and O–H groups in total. The molecule has 1 heterocycles. The molecule has 0 fully saturated rings. The van der Waals surface area contributed by atoms with Crippen LogP contribution in [0, 0.1) is 5.82 Å². The van der Waals surface area contributed by atoms with Crippen LogP contribution in [0.2, 0.25) is 5.02 Å². The van der Waals surface area contributed by atoms with Gasteiger partial charge >= 0.3 is 6.03 Å². The van der Waals surface area contributed by atoms with Crippen LogP contribution in [0.5, 0.6) is 17.2 Å². The van der Waals surface area contributed by atoms with Crippen molar-refractivity contribution in [2.24, 2.45) is 0 Å². The fourth-order valence-electron chi connectivity index (χ4n) is 2.07. The number of ether oxygens (including phenoxy) is 3. The average Bonchev–Trinajstić information content (AvgIpc) is 3.01. The Morgan fingerprint density at radius 1 is 1.21 bits per heavy atom. The monoisotopic (exact) mass is 352 g/mol. The second-order valence-corrected chi connectivity index (χ2v) is 5.28. The molecule has 0 spiro atoms. The standard InChI is InChI=1S/C16H14ClFN2O4/c17-12-7-10(18)1-3-13(12)22-6-5-19-16(21)20-11-2-4-14-15(8-11)24-9-23-14/h1-4,7-8H,5-6,9H2,(H2,19,20,21).